The first-order chi connectivity index (χ1) is 15.3. The fraction of sp³-hybridized carbons (Fsp3) is 0.304. The zero-order chi connectivity index (χ0) is 22.9. The Hall–Kier alpha value is -3.20. The summed E-state index contributed by atoms with van der Waals surface area (Å²) >= 11 is 0. The molecule has 3 aromatic rings. The Bertz CT molecular complexity index is 1310. The van der Waals surface area contributed by atoms with Crippen LogP contribution in [0.4, 0.5) is 10.1 Å². The number of carbonyl (C=O) groups excluding carboxylic acids is 1. The lowest BCUT2D eigenvalue weighted by atomic mass is 10.1. The number of aromatic amines is 1. The van der Waals surface area contributed by atoms with Crippen LogP contribution >= 0.6 is 0 Å². The number of aromatic nitrogens is 1. The fourth-order valence-electron chi connectivity index (χ4n) is 3.91. The number of likely N-dealkylation sites (tertiary alicyclic amines) is 1. The molecule has 0 spiro atoms. The van der Waals surface area contributed by atoms with E-state index in [4.69, 9.17) is 0 Å². The van der Waals surface area contributed by atoms with E-state index < -0.39 is 21.3 Å². The minimum atomic E-state index is -4.01. The van der Waals surface area contributed by atoms with Crippen molar-refractivity contribution in [3.63, 3.8) is 0 Å². The minimum Gasteiger partial charge on any atom is -0.360 e. The first kappa shape index (κ1) is 22.0. The van der Waals surface area contributed by atoms with Crippen LogP contribution < -0.4 is 9.73 Å². The number of fused-ring (bicyclic) bond motifs is 1. The molecule has 1 aliphatic rings. The van der Waals surface area contributed by atoms with E-state index >= 15 is 0 Å². The third kappa shape index (κ3) is 4.12. The van der Waals surface area contributed by atoms with Crippen molar-refractivity contribution in [1.29, 1.82) is 0 Å². The van der Waals surface area contributed by atoms with E-state index in [1.165, 1.54) is 55.7 Å². The summed E-state index contributed by atoms with van der Waals surface area (Å²) in [4.78, 5) is 30.6. The molecule has 0 saturated carbocycles. The SMILES string of the molecule is CN(c1ccc(F)cc1)S(=O)(=O)c1ccc2[nH]cc(C(=O)N3CCCCCC3)c(=O)c2c1. The van der Waals surface area contributed by atoms with Crippen LogP contribution in [0.5, 0.6) is 0 Å². The number of anilines is 1. The molecule has 2 heterocycles. The Labute approximate surface area is 185 Å². The lowest BCUT2D eigenvalue weighted by molar-refractivity contribution is 0.0760. The van der Waals surface area contributed by atoms with Gasteiger partial charge in [-0.3, -0.25) is 13.9 Å². The Morgan fingerprint density at radius 2 is 1.69 bits per heavy atom. The predicted octanol–water partition coefficient (Wildman–Crippen LogP) is 3.51. The van der Waals surface area contributed by atoms with Gasteiger partial charge in [-0.15, -0.1) is 0 Å². The molecule has 7 nitrogen and oxygen atoms in total. The van der Waals surface area contributed by atoms with E-state index in [2.05, 4.69) is 4.98 Å². The van der Waals surface area contributed by atoms with E-state index in [0.29, 0.717) is 18.6 Å². The van der Waals surface area contributed by atoms with Crippen molar-refractivity contribution >= 4 is 32.5 Å². The van der Waals surface area contributed by atoms with Gasteiger partial charge < -0.3 is 9.88 Å². The van der Waals surface area contributed by atoms with Gasteiger partial charge >= 0.3 is 0 Å². The maximum atomic E-state index is 13.2. The van der Waals surface area contributed by atoms with Crippen molar-refractivity contribution in [2.75, 3.05) is 24.4 Å². The Kier molecular flexibility index (Phi) is 6.01. The highest BCUT2D eigenvalue weighted by Gasteiger charge is 2.24. The molecule has 1 N–H and O–H groups in total. The molecule has 2 aromatic carbocycles. The first-order valence-electron chi connectivity index (χ1n) is 10.5. The number of sulfonamides is 1. The van der Waals surface area contributed by atoms with Crippen LogP contribution in [0.1, 0.15) is 36.0 Å². The van der Waals surface area contributed by atoms with Crippen molar-refractivity contribution in [2.24, 2.45) is 0 Å². The Morgan fingerprint density at radius 3 is 2.34 bits per heavy atom. The van der Waals surface area contributed by atoms with Gasteiger partial charge in [0.05, 0.1) is 10.6 Å². The minimum absolute atomic E-state index is 0.000775. The summed E-state index contributed by atoms with van der Waals surface area (Å²) < 4.78 is 40.5. The van der Waals surface area contributed by atoms with E-state index in [1.54, 1.807) is 4.90 Å². The predicted molar refractivity (Wildman–Crippen MR) is 121 cm³/mol. The second-order valence-electron chi connectivity index (χ2n) is 7.89. The van der Waals surface area contributed by atoms with Crippen molar-refractivity contribution in [3.05, 3.63) is 70.3 Å². The number of pyridine rings is 1. The monoisotopic (exact) mass is 457 g/mol. The number of carbonyl (C=O) groups is 1. The quantitative estimate of drug-likeness (QED) is 0.649. The van der Waals surface area contributed by atoms with Gasteiger partial charge in [-0.1, -0.05) is 12.8 Å². The third-order valence-electron chi connectivity index (χ3n) is 5.82. The maximum absolute atomic E-state index is 13.2. The zero-order valence-electron chi connectivity index (χ0n) is 17.7. The van der Waals surface area contributed by atoms with Gasteiger partial charge in [0, 0.05) is 37.2 Å². The molecule has 1 saturated heterocycles. The van der Waals surface area contributed by atoms with Crippen LogP contribution in [-0.4, -0.2) is 44.3 Å². The van der Waals surface area contributed by atoms with Gasteiger partial charge in [-0.25, -0.2) is 12.8 Å². The van der Waals surface area contributed by atoms with Gasteiger partial charge in [-0.05, 0) is 55.3 Å². The van der Waals surface area contributed by atoms with E-state index in [-0.39, 0.29) is 27.4 Å². The normalized spacial score (nSPS) is 14.9. The number of halogens is 1. The smallest absolute Gasteiger partial charge is 0.264 e. The number of nitrogens with zero attached hydrogens (tertiary/aromatic N) is 2. The number of amides is 1. The van der Waals surface area contributed by atoms with Crippen molar-refractivity contribution in [2.45, 2.75) is 30.6 Å². The maximum Gasteiger partial charge on any atom is 0.264 e. The second-order valence-corrected chi connectivity index (χ2v) is 9.86. The largest absolute Gasteiger partial charge is 0.360 e. The lowest BCUT2D eigenvalue weighted by Gasteiger charge is -2.20. The van der Waals surface area contributed by atoms with Crippen LogP contribution in [0.3, 0.4) is 0 Å². The number of hydrogen-bond acceptors (Lipinski definition) is 4. The summed E-state index contributed by atoms with van der Waals surface area (Å²) in [6.07, 6.45) is 5.31. The number of hydrogen-bond donors (Lipinski definition) is 1. The Morgan fingerprint density at radius 1 is 1.03 bits per heavy atom. The third-order valence-corrected chi connectivity index (χ3v) is 7.61. The molecule has 1 fully saturated rings. The summed E-state index contributed by atoms with van der Waals surface area (Å²) in [5.41, 5.74) is 0.214. The van der Waals surface area contributed by atoms with E-state index in [0.717, 1.165) is 30.0 Å². The molecule has 0 bridgehead atoms. The lowest BCUT2D eigenvalue weighted by Crippen LogP contribution is -2.35. The van der Waals surface area contributed by atoms with Gasteiger partial charge in [0.2, 0.25) is 5.43 Å². The molecular weight excluding hydrogens is 433 g/mol. The molecule has 1 amide bonds. The molecule has 9 heteroatoms. The molecule has 1 aliphatic heterocycles. The number of H-pyrrole nitrogens is 1. The summed E-state index contributed by atoms with van der Waals surface area (Å²) in [5.74, 6) is -0.815. The van der Waals surface area contributed by atoms with Crippen LogP contribution in [0.15, 0.2) is 58.4 Å². The molecule has 0 atom stereocenters. The van der Waals surface area contributed by atoms with E-state index in [1.807, 2.05) is 0 Å². The van der Waals surface area contributed by atoms with Crippen molar-refractivity contribution in [1.82, 2.24) is 9.88 Å². The second kappa shape index (κ2) is 8.74. The summed E-state index contributed by atoms with van der Waals surface area (Å²) in [7, 11) is -2.65. The summed E-state index contributed by atoms with van der Waals surface area (Å²) in [5, 5.41) is 0.124. The molecule has 1 aromatic heterocycles. The molecule has 0 aliphatic carbocycles. The highest BCUT2D eigenvalue weighted by molar-refractivity contribution is 7.92. The number of rotatable bonds is 4. The molecule has 0 unspecified atom stereocenters. The van der Waals surface area contributed by atoms with Crippen molar-refractivity contribution < 1.29 is 17.6 Å². The average molecular weight is 458 g/mol. The summed E-state index contributed by atoms with van der Waals surface area (Å²) in [6.45, 7) is 1.21. The van der Waals surface area contributed by atoms with Gasteiger partial charge in [0.1, 0.15) is 11.4 Å². The zero-order valence-corrected chi connectivity index (χ0v) is 18.5. The van der Waals surface area contributed by atoms with Gasteiger partial charge in [-0.2, -0.15) is 0 Å². The van der Waals surface area contributed by atoms with Gasteiger partial charge in [0.25, 0.3) is 15.9 Å². The highest BCUT2D eigenvalue weighted by Crippen LogP contribution is 2.24. The number of nitrogens with one attached hydrogen (secondary N) is 1. The molecule has 0 radical (unpaired) electrons. The van der Waals surface area contributed by atoms with E-state index in [9.17, 15) is 22.4 Å². The van der Waals surface area contributed by atoms with Gasteiger partial charge in [0.15, 0.2) is 0 Å². The number of benzene rings is 2. The standard InChI is InChI=1S/C23H24FN3O4S/c1-26(17-8-6-16(24)7-9-17)32(30,31)18-10-11-21-19(14-18)22(28)20(15-25-21)23(29)27-12-4-2-3-5-13-27/h6-11,14-15H,2-5,12-13H2,1H3,(H,25,28). The van der Waals surface area contributed by atoms with Crippen LogP contribution in [0, 0.1) is 5.82 Å². The topological polar surface area (TPSA) is 90.6 Å². The molecule has 168 valence electrons. The van der Waals surface area contributed by atoms with Crippen molar-refractivity contribution in [3.8, 4) is 0 Å². The first-order valence-corrected chi connectivity index (χ1v) is 11.9. The Balaban J connectivity index is 1.73. The van der Waals surface area contributed by atoms with Crippen LogP contribution in [-0.2, 0) is 10.0 Å². The molecule has 32 heavy (non-hydrogen) atoms. The van der Waals surface area contributed by atoms with Crippen LogP contribution in [0.2, 0.25) is 0 Å². The average Bonchev–Trinajstić information content (AvgIpc) is 3.08. The molecular formula is C23H24FN3O4S. The molecule has 4 rings (SSSR count). The van der Waals surface area contributed by atoms with Crippen LogP contribution in [0.25, 0.3) is 10.9 Å². The highest BCUT2D eigenvalue weighted by atomic mass is 32.2. The fourth-order valence-corrected chi connectivity index (χ4v) is 5.13. The summed E-state index contributed by atoms with van der Waals surface area (Å²) in [6, 6.07) is 9.24.